The summed E-state index contributed by atoms with van der Waals surface area (Å²) in [5.74, 6) is -0.911. The smallest absolute Gasteiger partial charge is 0.366 e. The standard InChI is InChI=1S/C23H20F4N4O2/c1-15(32)17-4-7-20(19(24)14-17)29-10-12-30(13-11-29)22(33)16-2-5-18(6-3-16)31-9-8-21(28-31)23(25,26)27/h2-9,14H,10-13H2,1H3. The van der Waals surface area contributed by atoms with Gasteiger partial charge in [-0.15, -0.1) is 0 Å². The number of ketones is 1. The van der Waals surface area contributed by atoms with Crippen LogP contribution in [0.25, 0.3) is 5.69 Å². The molecule has 1 aliphatic rings. The first-order valence-electron chi connectivity index (χ1n) is 10.2. The van der Waals surface area contributed by atoms with Gasteiger partial charge in [0.2, 0.25) is 0 Å². The Morgan fingerprint density at radius 2 is 1.55 bits per heavy atom. The van der Waals surface area contributed by atoms with Crippen LogP contribution in [0, 0.1) is 5.82 Å². The molecule has 172 valence electrons. The number of aromatic nitrogens is 2. The average molecular weight is 460 g/mol. The monoisotopic (exact) mass is 460 g/mol. The Hall–Kier alpha value is -3.69. The lowest BCUT2D eigenvalue weighted by Crippen LogP contribution is -2.49. The number of piperazine rings is 1. The van der Waals surface area contributed by atoms with E-state index in [1.807, 2.05) is 4.90 Å². The lowest BCUT2D eigenvalue weighted by atomic mass is 10.1. The van der Waals surface area contributed by atoms with Crippen molar-refractivity contribution in [2.24, 2.45) is 0 Å². The second-order valence-corrected chi connectivity index (χ2v) is 7.69. The number of halogens is 4. The topological polar surface area (TPSA) is 58.4 Å². The molecule has 0 spiro atoms. The second kappa shape index (κ2) is 8.68. The number of carbonyl (C=O) groups excluding carboxylic acids is 2. The zero-order valence-corrected chi connectivity index (χ0v) is 17.6. The summed E-state index contributed by atoms with van der Waals surface area (Å²) in [6.07, 6.45) is -3.32. The van der Waals surface area contributed by atoms with Crippen LogP contribution in [0.15, 0.2) is 54.7 Å². The van der Waals surface area contributed by atoms with Gasteiger partial charge in [0.05, 0.1) is 11.4 Å². The van der Waals surface area contributed by atoms with Crippen LogP contribution in [-0.2, 0) is 6.18 Å². The van der Waals surface area contributed by atoms with Gasteiger partial charge in [-0.05, 0) is 55.5 Å². The quantitative estimate of drug-likeness (QED) is 0.433. The van der Waals surface area contributed by atoms with Crippen LogP contribution in [0.3, 0.4) is 0 Å². The van der Waals surface area contributed by atoms with Crippen LogP contribution in [0.2, 0.25) is 0 Å². The normalized spacial score (nSPS) is 14.5. The molecule has 2 heterocycles. The SMILES string of the molecule is CC(=O)c1ccc(N2CCN(C(=O)c3ccc(-n4ccc(C(F)(F)F)n4)cc3)CC2)c(F)c1. The second-order valence-electron chi connectivity index (χ2n) is 7.69. The van der Waals surface area contributed by atoms with Crippen LogP contribution in [0.4, 0.5) is 23.2 Å². The third kappa shape index (κ3) is 4.74. The van der Waals surface area contributed by atoms with Gasteiger partial charge in [0.15, 0.2) is 11.5 Å². The Labute approximate surface area is 187 Å². The number of anilines is 1. The summed E-state index contributed by atoms with van der Waals surface area (Å²) in [5.41, 5.74) is 0.490. The molecule has 3 aromatic rings. The molecule has 4 rings (SSSR count). The van der Waals surface area contributed by atoms with Crippen molar-refractivity contribution < 1.29 is 27.2 Å². The number of nitrogens with zero attached hydrogens (tertiary/aromatic N) is 4. The maximum absolute atomic E-state index is 14.4. The number of hydrogen-bond acceptors (Lipinski definition) is 4. The molecule has 1 aromatic heterocycles. The lowest BCUT2D eigenvalue weighted by Gasteiger charge is -2.36. The van der Waals surface area contributed by atoms with Gasteiger partial charge in [-0.3, -0.25) is 9.59 Å². The van der Waals surface area contributed by atoms with E-state index in [0.717, 1.165) is 10.7 Å². The van der Waals surface area contributed by atoms with Gasteiger partial charge < -0.3 is 9.80 Å². The highest BCUT2D eigenvalue weighted by Crippen LogP contribution is 2.28. The molecule has 0 radical (unpaired) electrons. The molecule has 1 fully saturated rings. The van der Waals surface area contributed by atoms with Crippen LogP contribution in [-0.4, -0.2) is 52.5 Å². The summed E-state index contributed by atoms with van der Waals surface area (Å²) < 4.78 is 53.7. The molecule has 0 N–H and O–H groups in total. The Bertz CT molecular complexity index is 1180. The van der Waals surface area contributed by atoms with E-state index in [-0.39, 0.29) is 11.7 Å². The molecule has 10 heteroatoms. The van der Waals surface area contributed by atoms with Crippen molar-refractivity contribution in [1.82, 2.24) is 14.7 Å². The fraction of sp³-hybridized carbons (Fsp3) is 0.261. The summed E-state index contributed by atoms with van der Waals surface area (Å²) in [4.78, 5) is 27.7. The summed E-state index contributed by atoms with van der Waals surface area (Å²) in [6, 6.07) is 11.4. The van der Waals surface area contributed by atoms with Crippen molar-refractivity contribution in [1.29, 1.82) is 0 Å². The first-order valence-corrected chi connectivity index (χ1v) is 10.2. The van der Waals surface area contributed by atoms with Crippen LogP contribution in [0.5, 0.6) is 0 Å². The minimum atomic E-state index is -4.53. The lowest BCUT2D eigenvalue weighted by molar-refractivity contribution is -0.141. The summed E-state index contributed by atoms with van der Waals surface area (Å²) in [5, 5.41) is 3.52. The van der Waals surface area contributed by atoms with Crippen molar-refractivity contribution in [3.05, 3.63) is 77.4 Å². The molecule has 1 amide bonds. The number of amides is 1. The highest BCUT2D eigenvalue weighted by atomic mass is 19.4. The van der Waals surface area contributed by atoms with Gasteiger partial charge in [0.25, 0.3) is 5.91 Å². The van der Waals surface area contributed by atoms with Gasteiger partial charge in [-0.2, -0.15) is 18.3 Å². The minimum absolute atomic E-state index is 0.213. The molecule has 6 nitrogen and oxygen atoms in total. The predicted octanol–water partition coefficient (Wildman–Crippen LogP) is 4.20. The fourth-order valence-corrected chi connectivity index (χ4v) is 3.69. The van der Waals surface area contributed by atoms with Crippen molar-refractivity contribution in [3.8, 4) is 5.69 Å². The third-order valence-corrected chi connectivity index (χ3v) is 5.52. The predicted molar refractivity (Wildman–Crippen MR) is 113 cm³/mol. The molecule has 0 atom stereocenters. The molecule has 0 saturated carbocycles. The van der Waals surface area contributed by atoms with Gasteiger partial charge in [-0.25, -0.2) is 9.07 Å². The highest BCUT2D eigenvalue weighted by Gasteiger charge is 2.33. The molecule has 0 aliphatic carbocycles. The molecule has 0 bridgehead atoms. The van der Waals surface area contributed by atoms with Gasteiger partial charge in [0.1, 0.15) is 5.82 Å². The van der Waals surface area contributed by atoms with Crippen molar-refractivity contribution in [2.45, 2.75) is 13.1 Å². The molecule has 1 saturated heterocycles. The number of carbonyl (C=O) groups is 2. The van der Waals surface area contributed by atoms with E-state index >= 15 is 0 Å². The van der Waals surface area contributed by atoms with Gasteiger partial charge in [-0.1, -0.05) is 0 Å². The van der Waals surface area contributed by atoms with E-state index in [4.69, 9.17) is 0 Å². The Morgan fingerprint density at radius 3 is 2.09 bits per heavy atom. The van der Waals surface area contributed by atoms with Gasteiger partial charge >= 0.3 is 6.18 Å². The summed E-state index contributed by atoms with van der Waals surface area (Å²) in [7, 11) is 0. The third-order valence-electron chi connectivity index (χ3n) is 5.52. The molecule has 2 aromatic carbocycles. The molecule has 1 aliphatic heterocycles. The molecular formula is C23H20F4N4O2. The first-order chi connectivity index (χ1) is 15.6. The maximum atomic E-state index is 14.4. The number of rotatable bonds is 4. The molecule has 33 heavy (non-hydrogen) atoms. The highest BCUT2D eigenvalue weighted by molar-refractivity contribution is 5.95. The summed E-state index contributed by atoms with van der Waals surface area (Å²) in [6.45, 7) is 2.98. The van der Waals surface area contributed by atoms with E-state index in [9.17, 15) is 27.2 Å². The van der Waals surface area contributed by atoms with E-state index in [1.54, 1.807) is 29.2 Å². The van der Waals surface area contributed by atoms with Crippen molar-refractivity contribution in [3.63, 3.8) is 0 Å². The fourth-order valence-electron chi connectivity index (χ4n) is 3.69. The minimum Gasteiger partial charge on any atom is -0.366 e. The van der Waals surface area contributed by atoms with Crippen molar-refractivity contribution >= 4 is 17.4 Å². The number of Topliss-reactive ketones (excluding diaryl/α,β-unsaturated/α-hetero) is 1. The zero-order chi connectivity index (χ0) is 23.8. The van der Waals surface area contributed by atoms with E-state index in [2.05, 4.69) is 5.10 Å². The summed E-state index contributed by atoms with van der Waals surface area (Å²) >= 11 is 0. The first kappa shape index (κ1) is 22.5. The molecular weight excluding hydrogens is 440 g/mol. The Kier molecular flexibility index (Phi) is 5.92. The number of benzene rings is 2. The maximum Gasteiger partial charge on any atom is 0.435 e. The number of hydrogen-bond donors (Lipinski definition) is 0. The van der Waals surface area contributed by atoms with E-state index in [0.29, 0.717) is 48.7 Å². The van der Waals surface area contributed by atoms with E-state index in [1.165, 1.54) is 31.3 Å². The van der Waals surface area contributed by atoms with Crippen molar-refractivity contribution in [2.75, 3.05) is 31.1 Å². The zero-order valence-electron chi connectivity index (χ0n) is 17.6. The van der Waals surface area contributed by atoms with Crippen LogP contribution >= 0.6 is 0 Å². The Morgan fingerprint density at radius 1 is 0.909 bits per heavy atom. The van der Waals surface area contributed by atoms with Gasteiger partial charge in [0, 0.05) is 43.5 Å². The van der Waals surface area contributed by atoms with Crippen LogP contribution < -0.4 is 4.90 Å². The van der Waals surface area contributed by atoms with Crippen LogP contribution in [0.1, 0.15) is 33.3 Å². The largest absolute Gasteiger partial charge is 0.435 e. The average Bonchev–Trinajstić information content (AvgIpc) is 3.30. The Balaban J connectivity index is 1.40. The van der Waals surface area contributed by atoms with E-state index < -0.39 is 17.7 Å². The number of alkyl halides is 3. The molecule has 0 unspecified atom stereocenters.